The van der Waals surface area contributed by atoms with Crippen LogP contribution in [0.1, 0.15) is 34.1 Å². The van der Waals surface area contributed by atoms with Crippen LogP contribution in [0.15, 0.2) is 0 Å². The van der Waals surface area contributed by atoms with Gasteiger partial charge < -0.3 is 24.3 Å². The number of hydrogen-bond acceptors (Lipinski definition) is 10. The average Bonchev–Trinajstić information content (AvgIpc) is 2.67. The predicted molar refractivity (Wildman–Crippen MR) is 128 cm³/mol. The molecule has 1 aliphatic heterocycles. The summed E-state index contributed by atoms with van der Waals surface area (Å²) in [4.78, 5) is 47.6. The Morgan fingerprint density at radius 3 is 2.00 bits per heavy atom. The zero-order chi connectivity index (χ0) is 24.4. The molecule has 1 fully saturated rings. The molecule has 9 nitrogen and oxygen atoms in total. The van der Waals surface area contributed by atoms with E-state index in [0.29, 0.717) is 5.75 Å². The second-order valence-electron chi connectivity index (χ2n) is 7.46. The van der Waals surface area contributed by atoms with Crippen LogP contribution < -0.4 is 5.32 Å². The minimum atomic E-state index is -1.09. The van der Waals surface area contributed by atoms with Crippen molar-refractivity contribution in [2.24, 2.45) is 0 Å². The fourth-order valence-corrected chi connectivity index (χ4v) is 6.28. The Bertz CT molecular complexity index is 665. The summed E-state index contributed by atoms with van der Waals surface area (Å²) >= 11 is 5.53. The molecule has 0 radical (unpaired) electrons. The van der Waals surface area contributed by atoms with Gasteiger partial charge in [0.15, 0.2) is 18.3 Å². The summed E-state index contributed by atoms with van der Waals surface area (Å²) in [5.41, 5.74) is -0.701. The molecule has 0 spiro atoms. The van der Waals surface area contributed by atoms with Gasteiger partial charge in [0.2, 0.25) is 5.91 Å². The lowest BCUT2D eigenvalue weighted by atomic mass is 9.94. The molecule has 1 amide bonds. The largest absolute Gasteiger partial charge is 0.456 e. The van der Waals surface area contributed by atoms with Gasteiger partial charge in [-0.05, 0) is 22.9 Å². The molecule has 32 heavy (non-hydrogen) atoms. The molecule has 0 saturated carbocycles. The van der Waals surface area contributed by atoms with E-state index >= 15 is 0 Å². The molecule has 184 valence electrons. The third-order valence-electron chi connectivity index (χ3n) is 4.57. The third-order valence-corrected chi connectivity index (χ3v) is 7.64. The van der Waals surface area contributed by atoms with Crippen molar-refractivity contribution in [2.45, 2.75) is 70.0 Å². The van der Waals surface area contributed by atoms with Gasteiger partial charge in [0.25, 0.3) is 0 Å². The third kappa shape index (κ3) is 9.40. The Kier molecular flexibility index (Phi) is 12.8. The van der Waals surface area contributed by atoms with Crippen molar-refractivity contribution in [3.05, 3.63) is 0 Å². The zero-order valence-electron chi connectivity index (χ0n) is 19.3. The lowest BCUT2D eigenvalue weighted by Crippen LogP contribution is -2.66. The van der Waals surface area contributed by atoms with E-state index in [1.807, 2.05) is 0 Å². The van der Waals surface area contributed by atoms with Crippen molar-refractivity contribution in [1.82, 2.24) is 5.32 Å². The van der Waals surface area contributed by atoms with Crippen molar-refractivity contribution in [1.29, 1.82) is 0 Å². The molecule has 1 N–H and O–H groups in total. The number of amides is 1. The number of esters is 3. The fraction of sp³-hybridized carbons (Fsp3) is 0.800. The molecule has 0 aromatic rings. The molecule has 0 aromatic heterocycles. The van der Waals surface area contributed by atoms with Crippen LogP contribution >= 0.6 is 24.4 Å². The van der Waals surface area contributed by atoms with Crippen LogP contribution in [0.5, 0.6) is 0 Å². The zero-order valence-corrected chi connectivity index (χ0v) is 21.8. The lowest BCUT2D eigenvalue weighted by Gasteiger charge is -2.46. The highest BCUT2D eigenvalue weighted by Crippen LogP contribution is 2.34. The first-order chi connectivity index (χ1) is 15.0. The second-order valence-corrected chi connectivity index (χ2v) is 11.2. The van der Waals surface area contributed by atoms with Crippen LogP contribution in [-0.2, 0) is 49.0 Å². The minimum absolute atomic E-state index is 0.0828. The summed E-state index contributed by atoms with van der Waals surface area (Å²) in [6.07, 6.45) is 0.786. The quantitative estimate of drug-likeness (QED) is 0.181. The number of hydrogen-bond donors (Lipinski definition) is 2. The maximum absolute atomic E-state index is 12.0. The van der Waals surface area contributed by atoms with Crippen LogP contribution in [0.3, 0.4) is 0 Å². The summed E-state index contributed by atoms with van der Waals surface area (Å²) in [5.74, 6) is 0.156. The van der Waals surface area contributed by atoms with Crippen LogP contribution in [0.4, 0.5) is 0 Å². The number of carbonyl (C=O) groups is 4. The van der Waals surface area contributed by atoms with Crippen molar-refractivity contribution >= 4 is 59.1 Å². The van der Waals surface area contributed by atoms with E-state index < -0.39 is 53.8 Å². The Hall–Kier alpha value is -1.11. The summed E-state index contributed by atoms with van der Waals surface area (Å²) < 4.78 is 22.7. The number of thiol groups is 1. The Morgan fingerprint density at radius 2 is 1.53 bits per heavy atom. The van der Waals surface area contributed by atoms with Crippen LogP contribution in [0.25, 0.3) is 0 Å². The maximum Gasteiger partial charge on any atom is 0.303 e. The maximum atomic E-state index is 12.0. The van der Waals surface area contributed by atoms with Crippen LogP contribution in [0.2, 0.25) is 0 Å². The van der Waals surface area contributed by atoms with Gasteiger partial charge in [0, 0.05) is 34.1 Å². The van der Waals surface area contributed by atoms with Gasteiger partial charge in [-0.15, -0.1) is 11.8 Å². The molecule has 0 aliphatic carbocycles. The first-order valence-electron chi connectivity index (χ1n) is 10.2. The summed E-state index contributed by atoms with van der Waals surface area (Å²) in [5, 5.41) is 2.91. The van der Waals surface area contributed by atoms with Gasteiger partial charge in [-0.3, -0.25) is 19.2 Å². The van der Waals surface area contributed by atoms with Gasteiger partial charge in [-0.25, -0.2) is 0 Å². The van der Waals surface area contributed by atoms with E-state index in [-0.39, 0.29) is 16.8 Å². The molecule has 7 atom stereocenters. The van der Waals surface area contributed by atoms with Crippen molar-refractivity contribution in [3.63, 3.8) is 0 Å². The molecular weight excluding hydrogens is 478 g/mol. The first-order valence-corrected chi connectivity index (χ1v) is 14.1. The van der Waals surface area contributed by atoms with E-state index in [2.05, 4.69) is 24.2 Å². The number of ether oxygens (including phenoxy) is 4. The van der Waals surface area contributed by atoms with Gasteiger partial charge >= 0.3 is 17.9 Å². The van der Waals surface area contributed by atoms with Crippen LogP contribution in [0, 0.1) is 0 Å². The van der Waals surface area contributed by atoms with Gasteiger partial charge in [-0.2, -0.15) is 12.6 Å². The average molecular weight is 513 g/mol. The van der Waals surface area contributed by atoms with Crippen molar-refractivity contribution in [2.75, 3.05) is 29.8 Å². The summed E-state index contributed by atoms with van der Waals surface area (Å²) in [6, 6.07) is -0.518. The Morgan fingerprint density at radius 1 is 1.00 bits per heavy atom. The number of rotatable bonds is 11. The highest BCUT2D eigenvalue weighted by molar-refractivity contribution is 7.99. The highest BCUT2D eigenvalue weighted by atomic mass is 32.2. The highest BCUT2D eigenvalue weighted by Gasteiger charge is 2.54. The number of nitrogens with one attached hydrogen (secondary N) is 1. The molecule has 12 heteroatoms. The molecule has 0 aromatic carbocycles. The lowest BCUT2D eigenvalue weighted by molar-refractivity contribution is -0.234. The standard InChI is InChI=1S/C20H33NO8S3/c1-11(22)21-15(10-32(6)9-7-8-30)16-17(26-12(2)23)18(27-13(3)24)19(28-14(4)25)20(29-16)31-5/h15-20H,7-10H2,1-6H3,(H-,21,22,30)/p+1/t15-,16+,17-,18-,19+,20+,32?/m0/s1. The molecule has 0 bridgehead atoms. The molecule has 1 unspecified atom stereocenters. The van der Waals surface area contributed by atoms with Gasteiger partial charge in [0.05, 0.1) is 6.26 Å². The van der Waals surface area contributed by atoms with Crippen molar-refractivity contribution in [3.8, 4) is 0 Å². The minimum Gasteiger partial charge on any atom is -0.456 e. The van der Waals surface area contributed by atoms with Gasteiger partial charge in [0.1, 0.15) is 29.1 Å². The number of thioether (sulfide) groups is 1. The summed E-state index contributed by atoms with van der Waals surface area (Å²) in [7, 11) is -0.0828. The summed E-state index contributed by atoms with van der Waals surface area (Å²) in [6.45, 7) is 5.09. The van der Waals surface area contributed by atoms with E-state index in [0.717, 1.165) is 17.9 Å². The monoisotopic (exact) mass is 512 g/mol. The van der Waals surface area contributed by atoms with E-state index in [1.54, 1.807) is 6.26 Å². The van der Waals surface area contributed by atoms with Gasteiger partial charge in [-0.1, -0.05) is 0 Å². The van der Waals surface area contributed by atoms with E-state index in [1.165, 1.54) is 39.5 Å². The first kappa shape index (κ1) is 28.9. The second kappa shape index (κ2) is 14.2. The van der Waals surface area contributed by atoms with E-state index in [9.17, 15) is 19.2 Å². The molecule has 1 saturated heterocycles. The predicted octanol–water partition coefficient (Wildman–Crippen LogP) is 0.942. The molecule has 1 rings (SSSR count). The Labute approximate surface area is 202 Å². The fourth-order valence-electron chi connectivity index (χ4n) is 3.50. The van der Waals surface area contributed by atoms with Crippen LogP contribution in [-0.4, -0.2) is 89.5 Å². The topological polar surface area (TPSA) is 117 Å². The Balaban J connectivity index is 3.39. The molecule has 1 heterocycles. The molecular formula is C20H34NO8S3+. The smallest absolute Gasteiger partial charge is 0.303 e. The molecule has 1 aliphatic rings. The SMILES string of the molecule is CS[C@H]1O[C@H]([C@H](C[S+](C)CCCS)NC(C)=O)[C@H](OC(C)=O)[C@H](OC(C)=O)[C@H]1OC(C)=O. The van der Waals surface area contributed by atoms with E-state index in [4.69, 9.17) is 18.9 Å². The van der Waals surface area contributed by atoms with Crippen molar-refractivity contribution < 1.29 is 38.1 Å². The normalized spacial score (nSPS) is 27.0. The number of carbonyl (C=O) groups excluding carboxylic acids is 4.